The predicted octanol–water partition coefficient (Wildman–Crippen LogP) is 2.78. The summed E-state index contributed by atoms with van der Waals surface area (Å²) in [5.41, 5.74) is 0.916. The van der Waals surface area contributed by atoms with Crippen LogP contribution in [0.3, 0.4) is 0 Å². The van der Waals surface area contributed by atoms with Gasteiger partial charge >= 0.3 is 5.97 Å². The van der Waals surface area contributed by atoms with Crippen LogP contribution < -0.4 is 9.47 Å². The van der Waals surface area contributed by atoms with E-state index >= 15 is 0 Å². The number of thioether (sulfide) groups is 1. The zero-order valence-corrected chi connectivity index (χ0v) is 11.9. The Labute approximate surface area is 112 Å². The minimum atomic E-state index is -0.821. The minimum Gasteiger partial charge on any atom is -0.496 e. The van der Waals surface area contributed by atoms with Gasteiger partial charge in [0.15, 0.2) is 0 Å². The van der Waals surface area contributed by atoms with Gasteiger partial charge in [-0.3, -0.25) is 4.79 Å². The number of ether oxygens (including phenoxy) is 2. The molecule has 0 amide bonds. The van der Waals surface area contributed by atoms with E-state index in [-0.39, 0.29) is 5.75 Å². The Morgan fingerprint density at radius 3 is 2.53 bits per heavy atom. The summed E-state index contributed by atoms with van der Waals surface area (Å²) in [5, 5.41) is 8.58. The number of hydrogen-bond donors (Lipinski definition) is 1. The first-order valence-electron chi connectivity index (χ1n) is 4.78. The second-order valence-electron chi connectivity index (χ2n) is 3.19. The lowest BCUT2D eigenvalue weighted by molar-refractivity contribution is -0.133. The van der Waals surface area contributed by atoms with Crippen LogP contribution in [0.2, 0.25) is 0 Å². The summed E-state index contributed by atoms with van der Waals surface area (Å²) in [7, 11) is 3.17. The Balaban J connectivity index is 2.84. The van der Waals surface area contributed by atoms with Crippen LogP contribution in [0.25, 0.3) is 0 Å². The summed E-state index contributed by atoms with van der Waals surface area (Å²) in [6.07, 6.45) is 0. The maximum Gasteiger partial charge on any atom is 0.313 e. The van der Waals surface area contributed by atoms with Gasteiger partial charge in [-0.25, -0.2) is 0 Å². The molecule has 94 valence electrons. The van der Waals surface area contributed by atoms with Gasteiger partial charge in [0.2, 0.25) is 0 Å². The first kappa shape index (κ1) is 14.2. The second kappa shape index (κ2) is 6.76. The highest BCUT2D eigenvalue weighted by molar-refractivity contribution is 9.10. The number of hydrogen-bond acceptors (Lipinski definition) is 4. The third kappa shape index (κ3) is 4.12. The van der Waals surface area contributed by atoms with Gasteiger partial charge in [0.05, 0.1) is 24.4 Å². The van der Waals surface area contributed by atoms with Crippen molar-refractivity contribution in [3.63, 3.8) is 0 Å². The zero-order valence-electron chi connectivity index (χ0n) is 9.53. The number of carboxylic acids is 1. The largest absolute Gasteiger partial charge is 0.496 e. The normalized spacial score (nSPS) is 10.1. The molecule has 0 spiro atoms. The average molecular weight is 321 g/mol. The number of carbonyl (C=O) groups is 1. The molecule has 0 heterocycles. The Hall–Kier alpha value is -0.880. The fourth-order valence-electron chi connectivity index (χ4n) is 1.28. The smallest absolute Gasteiger partial charge is 0.313 e. The lowest BCUT2D eigenvalue weighted by Crippen LogP contribution is -1.99. The van der Waals surface area contributed by atoms with Crippen molar-refractivity contribution in [1.29, 1.82) is 0 Å². The van der Waals surface area contributed by atoms with E-state index in [4.69, 9.17) is 14.6 Å². The summed E-state index contributed by atoms with van der Waals surface area (Å²) >= 11 is 4.69. The van der Waals surface area contributed by atoms with Crippen LogP contribution in [-0.2, 0) is 10.5 Å². The van der Waals surface area contributed by atoms with Crippen molar-refractivity contribution in [2.75, 3.05) is 20.0 Å². The van der Waals surface area contributed by atoms with E-state index in [0.29, 0.717) is 11.5 Å². The highest BCUT2D eigenvalue weighted by atomic mass is 79.9. The molecule has 6 heteroatoms. The molecule has 1 aromatic rings. The van der Waals surface area contributed by atoms with E-state index in [1.165, 1.54) is 11.8 Å². The molecule has 17 heavy (non-hydrogen) atoms. The van der Waals surface area contributed by atoms with Gasteiger partial charge in [0.1, 0.15) is 11.5 Å². The van der Waals surface area contributed by atoms with Crippen LogP contribution in [0.1, 0.15) is 5.56 Å². The van der Waals surface area contributed by atoms with Crippen molar-refractivity contribution in [3.8, 4) is 11.5 Å². The summed E-state index contributed by atoms with van der Waals surface area (Å²) < 4.78 is 11.2. The SMILES string of the molecule is COc1cc(CSCC(=O)O)c(OC)cc1Br. The molecule has 0 saturated heterocycles. The van der Waals surface area contributed by atoms with Gasteiger partial charge < -0.3 is 14.6 Å². The molecule has 0 saturated carbocycles. The summed E-state index contributed by atoms with van der Waals surface area (Å²) in [4.78, 5) is 10.4. The van der Waals surface area contributed by atoms with Gasteiger partial charge in [0, 0.05) is 11.3 Å². The lowest BCUT2D eigenvalue weighted by atomic mass is 10.2. The topological polar surface area (TPSA) is 55.8 Å². The molecule has 0 fully saturated rings. The number of benzene rings is 1. The Kier molecular flexibility index (Phi) is 5.64. The molecular weight excluding hydrogens is 308 g/mol. The van der Waals surface area contributed by atoms with Crippen LogP contribution >= 0.6 is 27.7 Å². The average Bonchev–Trinajstić information content (AvgIpc) is 2.30. The monoisotopic (exact) mass is 320 g/mol. The minimum absolute atomic E-state index is 0.0710. The third-order valence-electron chi connectivity index (χ3n) is 2.04. The molecule has 1 rings (SSSR count). The number of methoxy groups -OCH3 is 2. The molecule has 0 atom stereocenters. The van der Waals surface area contributed by atoms with Crippen LogP contribution in [-0.4, -0.2) is 31.0 Å². The highest BCUT2D eigenvalue weighted by Gasteiger charge is 2.10. The molecule has 0 radical (unpaired) electrons. The quantitative estimate of drug-likeness (QED) is 0.873. The molecular formula is C11H13BrO4S. The van der Waals surface area contributed by atoms with E-state index < -0.39 is 5.97 Å². The van der Waals surface area contributed by atoms with Gasteiger partial charge in [-0.2, -0.15) is 0 Å². The standard InChI is InChI=1S/C11H13BrO4S/c1-15-9-4-8(12)10(16-2)3-7(9)5-17-6-11(13)14/h3-4H,5-6H2,1-2H3,(H,13,14). The predicted molar refractivity (Wildman–Crippen MR) is 71.0 cm³/mol. The molecule has 1 aromatic carbocycles. The van der Waals surface area contributed by atoms with E-state index in [1.54, 1.807) is 14.2 Å². The van der Waals surface area contributed by atoms with Gasteiger partial charge in [0.25, 0.3) is 0 Å². The fraction of sp³-hybridized carbons (Fsp3) is 0.364. The maximum absolute atomic E-state index is 10.4. The fourth-order valence-corrected chi connectivity index (χ4v) is 2.49. The molecule has 0 aromatic heterocycles. The number of rotatable bonds is 6. The highest BCUT2D eigenvalue weighted by Crippen LogP contribution is 2.34. The van der Waals surface area contributed by atoms with Crippen LogP contribution in [0, 0.1) is 0 Å². The molecule has 1 N–H and O–H groups in total. The van der Waals surface area contributed by atoms with Crippen molar-refractivity contribution in [2.45, 2.75) is 5.75 Å². The van der Waals surface area contributed by atoms with Gasteiger partial charge in [-0.15, -0.1) is 11.8 Å². The van der Waals surface area contributed by atoms with Crippen molar-refractivity contribution in [3.05, 3.63) is 22.2 Å². The molecule has 0 aliphatic heterocycles. The molecule has 0 aliphatic carbocycles. The van der Waals surface area contributed by atoms with Crippen LogP contribution in [0.5, 0.6) is 11.5 Å². The summed E-state index contributed by atoms with van der Waals surface area (Å²) in [5.74, 6) is 1.24. The Bertz CT molecular complexity index is 409. The Morgan fingerprint density at radius 2 is 2.00 bits per heavy atom. The third-order valence-corrected chi connectivity index (χ3v) is 3.62. The van der Waals surface area contributed by atoms with E-state index in [2.05, 4.69) is 15.9 Å². The molecule has 0 unspecified atom stereocenters. The summed E-state index contributed by atoms with van der Waals surface area (Å²) in [6.45, 7) is 0. The molecule has 0 bridgehead atoms. The van der Waals surface area contributed by atoms with Crippen molar-refractivity contribution in [1.82, 2.24) is 0 Å². The first-order chi connectivity index (χ1) is 8.08. The van der Waals surface area contributed by atoms with Gasteiger partial charge in [-0.05, 0) is 28.1 Å². The first-order valence-corrected chi connectivity index (χ1v) is 6.73. The summed E-state index contributed by atoms with van der Waals surface area (Å²) in [6, 6.07) is 3.66. The Morgan fingerprint density at radius 1 is 1.35 bits per heavy atom. The van der Waals surface area contributed by atoms with Crippen molar-refractivity contribution in [2.24, 2.45) is 0 Å². The zero-order chi connectivity index (χ0) is 12.8. The van der Waals surface area contributed by atoms with E-state index in [9.17, 15) is 4.79 Å². The lowest BCUT2D eigenvalue weighted by Gasteiger charge is -2.11. The maximum atomic E-state index is 10.4. The molecule has 4 nitrogen and oxygen atoms in total. The van der Waals surface area contributed by atoms with E-state index in [0.717, 1.165) is 15.8 Å². The molecule has 0 aliphatic rings. The van der Waals surface area contributed by atoms with E-state index in [1.807, 2.05) is 12.1 Å². The number of halogens is 1. The van der Waals surface area contributed by atoms with Crippen LogP contribution in [0.15, 0.2) is 16.6 Å². The number of aliphatic carboxylic acids is 1. The number of carboxylic acid groups (broad SMARTS) is 1. The van der Waals surface area contributed by atoms with Crippen molar-refractivity contribution >= 4 is 33.7 Å². The van der Waals surface area contributed by atoms with Crippen LogP contribution in [0.4, 0.5) is 0 Å². The van der Waals surface area contributed by atoms with Crippen molar-refractivity contribution < 1.29 is 19.4 Å². The van der Waals surface area contributed by atoms with Gasteiger partial charge in [-0.1, -0.05) is 0 Å². The second-order valence-corrected chi connectivity index (χ2v) is 5.03.